The van der Waals surface area contributed by atoms with Crippen LogP contribution in [-0.2, 0) is 20.4 Å². The molecule has 0 aliphatic carbocycles. The maximum atomic E-state index is 7.11. The number of hydrogen-bond donors (Lipinski definition) is 0. The SMILES string of the molecule is CC1(C)O[C@@H](C=NCc2ccccc2)[C@@H](CO[Si](c2ccccc2)(c2ccccc2)C(C)(C)C)O1. The standard InChI is InChI=1S/C30H37NO3Si/c1-29(2,3)35(25-17-11-7-12-18-25,26-19-13-8-14-20-26)32-23-28-27(33-30(4,5)34-28)22-31-21-24-15-9-6-10-16-24/h6-20,22,27-28H,21,23H2,1-5H3/t27-,28+/m0/s1. The fourth-order valence-corrected chi connectivity index (χ4v) is 9.50. The lowest BCUT2D eigenvalue weighted by Crippen LogP contribution is -2.67. The molecule has 0 bridgehead atoms. The van der Waals surface area contributed by atoms with Crippen molar-refractivity contribution < 1.29 is 13.9 Å². The number of aliphatic imine (C=N–C) groups is 1. The van der Waals surface area contributed by atoms with Gasteiger partial charge in [0.25, 0.3) is 8.32 Å². The molecule has 0 aromatic heterocycles. The Hall–Kier alpha value is -2.57. The molecular weight excluding hydrogens is 450 g/mol. The molecular formula is C30H37NO3Si. The third kappa shape index (κ3) is 5.81. The zero-order valence-electron chi connectivity index (χ0n) is 21.5. The summed E-state index contributed by atoms with van der Waals surface area (Å²) in [7, 11) is -2.66. The first-order chi connectivity index (χ1) is 16.7. The molecule has 3 aromatic carbocycles. The molecule has 0 N–H and O–H groups in total. The second-order valence-corrected chi connectivity index (χ2v) is 14.9. The number of rotatable bonds is 8. The Bertz CT molecular complexity index is 1060. The highest BCUT2D eigenvalue weighted by atomic mass is 28.4. The van der Waals surface area contributed by atoms with Crippen LogP contribution >= 0.6 is 0 Å². The van der Waals surface area contributed by atoms with Crippen molar-refractivity contribution in [2.45, 2.75) is 64.2 Å². The third-order valence-electron chi connectivity index (χ3n) is 6.47. The van der Waals surface area contributed by atoms with Gasteiger partial charge in [-0.15, -0.1) is 0 Å². The monoisotopic (exact) mass is 487 g/mol. The lowest BCUT2D eigenvalue weighted by atomic mass is 10.2. The summed E-state index contributed by atoms with van der Waals surface area (Å²) in [4.78, 5) is 4.67. The van der Waals surface area contributed by atoms with Crippen LogP contribution in [0.15, 0.2) is 96.0 Å². The average molecular weight is 488 g/mol. The van der Waals surface area contributed by atoms with E-state index in [1.807, 2.05) is 38.3 Å². The molecule has 1 aliphatic rings. The van der Waals surface area contributed by atoms with E-state index in [0.717, 1.165) is 0 Å². The van der Waals surface area contributed by atoms with E-state index in [0.29, 0.717) is 13.2 Å². The Morgan fingerprint density at radius 3 is 1.86 bits per heavy atom. The molecule has 1 fully saturated rings. The molecule has 0 spiro atoms. The first-order valence-electron chi connectivity index (χ1n) is 12.4. The molecule has 4 nitrogen and oxygen atoms in total. The predicted molar refractivity (Wildman–Crippen MR) is 146 cm³/mol. The second kappa shape index (κ2) is 10.6. The number of hydrogen-bond acceptors (Lipinski definition) is 4. The lowest BCUT2D eigenvalue weighted by Gasteiger charge is -2.43. The molecule has 35 heavy (non-hydrogen) atoms. The Labute approximate surface area is 211 Å². The summed E-state index contributed by atoms with van der Waals surface area (Å²) in [6.07, 6.45) is 1.37. The molecule has 3 aromatic rings. The molecule has 0 amide bonds. The fraction of sp³-hybridized carbons (Fsp3) is 0.367. The van der Waals surface area contributed by atoms with Gasteiger partial charge in [0.2, 0.25) is 0 Å². The number of benzene rings is 3. The van der Waals surface area contributed by atoms with Gasteiger partial charge < -0.3 is 13.9 Å². The quantitative estimate of drug-likeness (QED) is 0.317. The molecule has 184 valence electrons. The van der Waals surface area contributed by atoms with Gasteiger partial charge in [-0.05, 0) is 34.8 Å². The maximum absolute atomic E-state index is 7.11. The summed E-state index contributed by atoms with van der Waals surface area (Å²) in [6, 6.07) is 31.6. The van der Waals surface area contributed by atoms with Gasteiger partial charge in [0.1, 0.15) is 12.2 Å². The highest BCUT2D eigenvalue weighted by Gasteiger charge is 2.51. The summed E-state index contributed by atoms with van der Waals surface area (Å²) in [5.74, 6) is -0.692. The largest absolute Gasteiger partial charge is 0.405 e. The third-order valence-corrected chi connectivity index (χ3v) is 11.5. The van der Waals surface area contributed by atoms with Gasteiger partial charge in [-0.1, -0.05) is 112 Å². The van der Waals surface area contributed by atoms with Crippen LogP contribution in [0.4, 0.5) is 0 Å². The molecule has 1 saturated heterocycles. The summed E-state index contributed by atoms with van der Waals surface area (Å²) in [6.45, 7) is 11.8. The topological polar surface area (TPSA) is 40.0 Å². The first kappa shape index (κ1) is 25.5. The van der Waals surface area contributed by atoms with E-state index in [1.165, 1.54) is 15.9 Å². The van der Waals surface area contributed by atoms with Crippen molar-refractivity contribution >= 4 is 24.9 Å². The minimum atomic E-state index is -2.66. The molecule has 0 saturated carbocycles. The van der Waals surface area contributed by atoms with Crippen LogP contribution in [0.2, 0.25) is 5.04 Å². The molecule has 1 heterocycles. The van der Waals surface area contributed by atoms with Gasteiger partial charge in [-0.3, -0.25) is 4.99 Å². The van der Waals surface area contributed by atoms with E-state index >= 15 is 0 Å². The Kier molecular flexibility index (Phi) is 7.72. The van der Waals surface area contributed by atoms with Crippen LogP contribution in [0.3, 0.4) is 0 Å². The minimum absolute atomic E-state index is 0.0957. The van der Waals surface area contributed by atoms with E-state index < -0.39 is 14.1 Å². The molecule has 4 rings (SSSR count). The predicted octanol–water partition coefficient (Wildman–Crippen LogP) is 5.35. The summed E-state index contributed by atoms with van der Waals surface area (Å²) in [5, 5.41) is 2.42. The van der Waals surface area contributed by atoms with Crippen LogP contribution in [0, 0.1) is 0 Å². The zero-order valence-corrected chi connectivity index (χ0v) is 22.5. The zero-order chi connectivity index (χ0) is 24.9. The minimum Gasteiger partial charge on any atom is -0.405 e. The highest BCUT2D eigenvalue weighted by molar-refractivity contribution is 6.99. The summed E-state index contributed by atoms with van der Waals surface area (Å²) in [5.41, 5.74) is 1.17. The molecule has 5 heteroatoms. The van der Waals surface area contributed by atoms with Crippen LogP contribution in [0.25, 0.3) is 0 Å². The first-order valence-corrected chi connectivity index (χ1v) is 14.3. The highest BCUT2D eigenvalue weighted by Crippen LogP contribution is 2.38. The molecule has 0 radical (unpaired) electrons. The van der Waals surface area contributed by atoms with Crippen molar-refractivity contribution in [1.82, 2.24) is 0 Å². The average Bonchev–Trinajstić information content (AvgIpc) is 3.14. The van der Waals surface area contributed by atoms with Crippen LogP contribution in [0.1, 0.15) is 40.2 Å². The van der Waals surface area contributed by atoms with Gasteiger partial charge in [0.15, 0.2) is 5.79 Å². The molecule has 0 unspecified atom stereocenters. The van der Waals surface area contributed by atoms with Crippen molar-refractivity contribution in [2.75, 3.05) is 6.61 Å². The maximum Gasteiger partial charge on any atom is 0.261 e. The normalized spacial score (nSPS) is 20.4. The Morgan fingerprint density at radius 2 is 1.34 bits per heavy atom. The molecule has 2 atom stereocenters. The van der Waals surface area contributed by atoms with Crippen molar-refractivity contribution in [3.63, 3.8) is 0 Å². The fourth-order valence-electron chi connectivity index (χ4n) is 4.93. The van der Waals surface area contributed by atoms with E-state index in [1.54, 1.807) is 0 Å². The van der Waals surface area contributed by atoms with E-state index in [4.69, 9.17) is 13.9 Å². The van der Waals surface area contributed by atoms with Crippen LogP contribution < -0.4 is 10.4 Å². The van der Waals surface area contributed by atoms with Gasteiger partial charge in [-0.2, -0.15) is 0 Å². The number of nitrogens with zero attached hydrogens (tertiary/aromatic N) is 1. The Morgan fingerprint density at radius 1 is 0.829 bits per heavy atom. The van der Waals surface area contributed by atoms with Crippen molar-refractivity contribution in [1.29, 1.82) is 0 Å². The van der Waals surface area contributed by atoms with Gasteiger partial charge >= 0.3 is 0 Å². The lowest BCUT2D eigenvalue weighted by molar-refractivity contribution is -0.144. The van der Waals surface area contributed by atoms with Crippen molar-refractivity contribution in [3.8, 4) is 0 Å². The second-order valence-electron chi connectivity index (χ2n) is 10.6. The van der Waals surface area contributed by atoms with Crippen molar-refractivity contribution in [2.24, 2.45) is 4.99 Å². The molecule has 1 aliphatic heterocycles. The van der Waals surface area contributed by atoms with Crippen LogP contribution in [0.5, 0.6) is 0 Å². The summed E-state index contributed by atoms with van der Waals surface area (Å²) >= 11 is 0. The van der Waals surface area contributed by atoms with Crippen LogP contribution in [-0.4, -0.2) is 39.1 Å². The van der Waals surface area contributed by atoms with Gasteiger partial charge in [0.05, 0.1) is 13.2 Å². The summed E-state index contributed by atoms with van der Waals surface area (Å²) < 4.78 is 19.7. The Balaban J connectivity index is 1.62. The van der Waals surface area contributed by atoms with Gasteiger partial charge in [0, 0.05) is 6.21 Å². The van der Waals surface area contributed by atoms with E-state index in [2.05, 4.69) is 98.6 Å². The van der Waals surface area contributed by atoms with Gasteiger partial charge in [-0.25, -0.2) is 0 Å². The van der Waals surface area contributed by atoms with E-state index in [9.17, 15) is 0 Å². The number of ether oxygens (including phenoxy) is 2. The smallest absolute Gasteiger partial charge is 0.261 e. The van der Waals surface area contributed by atoms with Crippen molar-refractivity contribution in [3.05, 3.63) is 96.6 Å². The van der Waals surface area contributed by atoms with E-state index in [-0.39, 0.29) is 17.2 Å².